The molecule has 1 aliphatic heterocycles. The quantitative estimate of drug-likeness (QED) is 0.364. The number of pyridine rings is 1. The van der Waals surface area contributed by atoms with Gasteiger partial charge in [0.1, 0.15) is 0 Å². The van der Waals surface area contributed by atoms with Gasteiger partial charge in [-0.05, 0) is 48.5 Å². The van der Waals surface area contributed by atoms with Crippen LogP contribution < -0.4 is 5.56 Å². The molecule has 0 fully saturated rings. The first-order valence-electron chi connectivity index (χ1n) is 11.0. The molecule has 1 unspecified atom stereocenters. The van der Waals surface area contributed by atoms with Gasteiger partial charge in [-0.1, -0.05) is 49.0 Å². The van der Waals surface area contributed by atoms with Crippen LogP contribution in [0, 0.1) is 0 Å². The van der Waals surface area contributed by atoms with Crippen molar-refractivity contribution in [1.82, 2.24) is 14.1 Å². The molecule has 0 saturated heterocycles. The third-order valence-corrected chi connectivity index (χ3v) is 5.91. The number of nitrogens with zero attached hydrogens (tertiary/aromatic N) is 5. The molecule has 4 aromatic rings. The van der Waals surface area contributed by atoms with Crippen LogP contribution in [0.25, 0.3) is 21.8 Å². The Morgan fingerprint density at radius 2 is 1.86 bits per heavy atom. The van der Waals surface area contributed by atoms with E-state index < -0.39 is 23.3 Å². The van der Waals surface area contributed by atoms with Crippen molar-refractivity contribution >= 4 is 16.6 Å². The molecule has 9 heteroatoms. The van der Waals surface area contributed by atoms with E-state index in [1.165, 1.54) is 16.7 Å². The Morgan fingerprint density at radius 1 is 1.09 bits per heavy atom. The fourth-order valence-corrected chi connectivity index (χ4v) is 4.30. The standard InChI is InChI=1S/C26H21F3N5O/c1-16-12-31-24(22-13-30-15-33(22)14-16)32-17(2)21-11-18-7-6-10-20(26(27,28)29)23(18)25(35)34(21)19-8-4-3-5-9-19/h3-13,15,17H,14H2,1-2H3/q-1. The minimum absolute atomic E-state index is 0.206. The number of para-hydroxylation sites is 1. The van der Waals surface area contributed by atoms with Crippen LogP contribution in [-0.4, -0.2) is 20.0 Å². The van der Waals surface area contributed by atoms with Crippen molar-refractivity contribution < 1.29 is 13.2 Å². The summed E-state index contributed by atoms with van der Waals surface area (Å²) in [5.74, 6) is 0.433. The number of halogens is 3. The van der Waals surface area contributed by atoms with Gasteiger partial charge >= 0.3 is 6.18 Å². The number of imidazole rings is 1. The number of rotatable bonds is 3. The molecule has 3 heterocycles. The van der Waals surface area contributed by atoms with Gasteiger partial charge in [0.05, 0.1) is 29.2 Å². The van der Waals surface area contributed by atoms with Crippen molar-refractivity contribution in [3.63, 3.8) is 0 Å². The van der Waals surface area contributed by atoms with Crippen LogP contribution in [0.5, 0.6) is 0 Å². The number of hydrogen-bond donors (Lipinski definition) is 0. The lowest BCUT2D eigenvalue weighted by Crippen LogP contribution is -2.26. The normalized spacial score (nSPS) is 14.7. The summed E-state index contributed by atoms with van der Waals surface area (Å²) >= 11 is 0. The maximum absolute atomic E-state index is 13.8. The van der Waals surface area contributed by atoms with Crippen LogP contribution in [-0.2, 0) is 12.7 Å². The summed E-state index contributed by atoms with van der Waals surface area (Å²) in [5.41, 5.74) is 0.942. The fourth-order valence-electron chi connectivity index (χ4n) is 4.30. The van der Waals surface area contributed by atoms with Gasteiger partial charge in [0.2, 0.25) is 0 Å². The summed E-state index contributed by atoms with van der Waals surface area (Å²) in [6, 6.07) is 13.4. The summed E-state index contributed by atoms with van der Waals surface area (Å²) in [6.45, 7) is 4.36. The maximum Gasteiger partial charge on any atom is 0.417 e. The molecule has 1 aliphatic rings. The number of hydrogen-bond acceptors (Lipinski definition) is 3. The lowest BCUT2D eigenvalue weighted by Gasteiger charge is -2.28. The third-order valence-electron chi connectivity index (χ3n) is 5.91. The zero-order valence-electron chi connectivity index (χ0n) is 19.0. The van der Waals surface area contributed by atoms with Crippen LogP contribution in [0.15, 0.2) is 88.7 Å². The Morgan fingerprint density at radius 3 is 2.60 bits per heavy atom. The molecule has 0 amide bonds. The zero-order chi connectivity index (χ0) is 24.7. The van der Waals surface area contributed by atoms with Gasteiger partial charge in [-0.15, -0.1) is 0 Å². The summed E-state index contributed by atoms with van der Waals surface area (Å²) < 4.78 is 44.6. The summed E-state index contributed by atoms with van der Waals surface area (Å²) in [5, 5.41) is 4.62. The van der Waals surface area contributed by atoms with Crippen molar-refractivity contribution in [3.05, 3.63) is 112 Å². The van der Waals surface area contributed by atoms with Gasteiger partial charge in [0.25, 0.3) is 5.56 Å². The molecule has 2 aromatic heterocycles. The fraction of sp³-hybridized carbons (Fsp3) is 0.192. The van der Waals surface area contributed by atoms with Crippen LogP contribution in [0.3, 0.4) is 0 Å². The lowest BCUT2D eigenvalue weighted by molar-refractivity contribution is -0.136. The molecule has 5 rings (SSSR count). The van der Waals surface area contributed by atoms with Gasteiger partial charge in [-0.25, -0.2) is 4.98 Å². The summed E-state index contributed by atoms with van der Waals surface area (Å²) in [7, 11) is 0. The molecule has 6 nitrogen and oxygen atoms in total. The number of fused-ring (bicyclic) bond motifs is 2. The summed E-state index contributed by atoms with van der Waals surface area (Å²) in [6.07, 6.45) is 0.436. The first-order valence-corrected chi connectivity index (χ1v) is 11.0. The van der Waals surface area contributed by atoms with E-state index in [1.54, 1.807) is 62.0 Å². The highest BCUT2D eigenvalue weighted by Crippen LogP contribution is 2.35. The second kappa shape index (κ2) is 8.57. The Kier molecular flexibility index (Phi) is 5.55. The van der Waals surface area contributed by atoms with Gasteiger partial charge in [0, 0.05) is 17.9 Å². The number of aromatic nitrogens is 3. The van der Waals surface area contributed by atoms with E-state index in [4.69, 9.17) is 5.32 Å². The first-order chi connectivity index (χ1) is 16.7. The molecule has 0 saturated carbocycles. The second-order valence-electron chi connectivity index (χ2n) is 8.45. The van der Waals surface area contributed by atoms with Crippen LogP contribution in [0.4, 0.5) is 13.2 Å². The zero-order valence-corrected chi connectivity index (χ0v) is 19.0. The van der Waals surface area contributed by atoms with E-state index >= 15 is 0 Å². The van der Waals surface area contributed by atoms with E-state index in [1.807, 2.05) is 11.5 Å². The number of alkyl halides is 3. The molecule has 1 atom stereocenters. The molecule has 0 aliphatic carbocycles. The third kappa shape index (κ3) is 4.14. The van der Waals surface area contributed by atoms with Gasteiger partial charge in [-0.3, -0.25) is 9.36 Å². The molecular weight excluding hydrogens is 455 g/mol. The van der Waals surface area contributed by atoms with E-state index in [2.05, 4.69) is 9.98 Å². The maximum atomic E-state index is 13.8. The van der Waals surface area contributed by atoms with Crippen molar-refractivity contribution in [2.75, 3.05) is 0 Å². The topological polar surface area (TPSA) is 66.3 Å². The van der Waals surface area contributed by atoms with Gasteiger partial charge < -0.3 is 14.9 Å². The SMILES string of the molecule is CC1=CN=C([N-]C(C)c2cc3cccc(C(F)(F)F)c3c(=O)n2-c2ccccc2)c2cncn2C1. The highest BCUT2D eigenvalue weighted by molar-refractivity contribution is 6.08. The smallest absolute Gasteiger partial charge is 0.417 e. The molecule has 178 valence electrons. The first kappa shape index (κ1) is 22.6. The molecule has 35 heavy (non-hydrogen) atoms. The lowest BCUT2D eigenvalue weighted by atomic mass is 10.0. The van der Waals surface area contributed by atoms with Crippen LogP contribution in [0.1, 0.15) is 36.8 Å². The highest BCUT2D eigenvalue weighted by Gasteiger charge is 2.34. The molecule has 0 radical (unpaired) electrons. The van der Waals surface area contributed by atoms with Crippen LogP contribution >= 0.6 is 0 Å². The van der Waals surface area contributed by atoms with Crippen molar-refractivity contribution in [1.29, 1.82) is 0 Å². The van der Waals surface area contributed by atoms with E-state index in [0.717, 1.165) is 17.3 Å². The van der Waals surface area contributed by atoms with Crippen molar-refractivity contribution in [2.45, 2.75) is 32.6 Å². The Labute approximate surface area is 199 Å². The molecule has 2 aromatic carbocycles. The van der Waals surface area contributed by atoms with E-state index in [-0.39, 0.29) is 10.8 Å². The minimum Gasteiger partial charge on any atom is -0.455 e. The number of aliphatic imine (C=N–C) groups is 1. The molecular formula is C26H21F3N5O-. The predicted octanol–water partition coefficient (Wildman–Crippen LogP) is 6.00. The number of amidine groups is 1. The van der Waals surface area contributed by atoms with Gasteiger partial charge in [-0.2, -0.15) is 13.2 Å². The Balaban J connectivity index is 1.70. The monoisotopic (exact) mass is 476 g/mol. The molecule has 0 N–H and O–H groups in total. The highest BCUT2D eigenvalue weighted by atomic mass is 19.4. The molecule has 0 spiro atoms. The summed E-state index contributed by atoms with van der Waals surface area (Å²) in [4.78, 5) is 22.3. The second-order valence-corrected chi connectivity index (χ2v) is 8.45. The number of benzene rings is 2. The van der Waals surface area contributed by atoms with Crippen LogP contribution in [0.2, 0.25) is 0 Å². The minimum atomic E-state index is -4.66. The van der Waals surface area contributed by atoms with Gasteiger partial charge in [0.15, 0.2) is 0 Å². The average Bonchev–Trinajstić information content (AvgIpc) is 3.23. The average molecular weight is 476 g/mol. The van der Waals surface area contributed by atoms with E-state index in [9.17, 15) is 18.0 Å². The largest absolute Gasteiger partial charge is 0.455 e. The molecule has 0 bridgehead atoms. The van der Waals surface area contributed by atoms with E-state index in [0.29, 0.717) is 23.8 Å². The van der Waals surface area contributed by atoms with Crippen molar-refractivity contribution in [2.24, 2.45) is 4.99 Å². The Hall–Kier alpha value is -4.14. The number of allylic oxidation sites excluding steroid dienone is 1. The van der Waals surface area contributed by atoms with Crippen molar-refractivity contribution in [3.8, 4) is 5.69 Å². The Bertz CT molecular complexity index is 1530. The predicted molar refractivity (Wildman–Crippen MR) is 129 cm³/mol.